The lowest BCUT2D eigenvalue weighted by atomic mass is 9.98. The summed E-state index contributed by atoms with van der Waals surface area (Å²) in [6.45, 7) is 6.38. The van der Waals surface area contributed by atoms with Crippen LogP contribution in [0.2, 0.25) is 0 Å². The fraction of sp³-hybridized carbons (Fsp3) is 0.529. The number of carbonyl (C=O) groups is 1. The number of aliphatic imine (C=N–C) groups is 1. The highest BCUT2D eigenvalue weighted by Gasteiger charge is 2.15. The molecule has 5 heteroatoms. The van der Waals surface area contributed by atoms with Crippen molar-refractivity contribution in [3.05, 3.63) is 23.8 Å². The van der Waals surface area contributed by atoms with Gasteiger partial charge in [-0.15, -0.1) is 0 Å². The molecule has 0 aromatic heterocycles. The van der Waals surface area contributed by atoms with E-state index >= 15 is 0 Å². The van der Waals surface area contributed by atoms with Crippen LogP contribution in [0.3, 0.4) is 0 Å². The fourth-order valence-electron chi connectivity index (χ4n) is 2.40. The Morgan fingerprint density at radius 2 is 2.14 bits per heavy atom. The zero-order valence-corrected chi connectivity index (χ0v) is 13.5. The van der Waals surface area contributed by atoms with Gasteiger partial charge in [0.05, 0.1) is 5.69 Å². The lowest BCUT2D eigenvalue weighted by Crippen LogP contribution is -2.44. The Morgan fingerprint density at radius 1 is 1.41 bits per heavy atom. The normalized spacial score (nSPS) is 11.6. The van der Waals surface area contributed by atoms with Crippen LogP contribution in [-0.2, 0) is 4.79 Å². The number of hydrogen-bond donors (Lipinski definition) is 0. The van der Waals surface area contributed by atoms with Crippen LogP contribution in [0.25, 0.3) is 0 Å². The molecular formula is C17H23N2O3-. The molecule has 0 aliphatic carbocycles. The Hall–Kier alpha value is -2.13. The van der Waals surface area contributed by atoms with E-state index in [1.54, 1.807) is 25.1 Å². The molecule has 120 valence electrons. The van der Waals surface area contributed by atoms with Gasteiger partial charge in [0.1, 0.15) is 6.09 Å². The van der Waals surface area contributed by atoms with Gasteiger partial charge in [-0.1, -0.05) is 39.2 Å². The van der Waals surface area contributed by atoms with Crippen LogP contribution in [-0.4, -0.2) is 18.7 Å². The lowest BCUT2D eigenvalue weighted by Gasteiger charge is -2.29. The quantitative estimate of drug-likeness (QED) is 0.546. The summed E-state index contributed by atoms with van der Waals surface area (Å²) in [4.78, 5) is 26.8. The average Bonchev–Trinajstić information content (AvgIpc) is 2.50. The number of isocyanates is 1. The predicted octanol–water partition coefficient (Wildman–Crippen LogP) is 3.33. The van der Waals surface area contributed by atoms with Crippen LogP contribution < -0.4 is 10.0 Å². The molecule has 1 aromatic carbocycles. The predicted molar refractivity (Wildman–Crippen MR) is 85.0 cm³/mol. The van der Waals surface area contributed by atoms with Crippen molar-refractivity contribution >= 4 is 23.5 Å². The topological polar surface area (TPSA) is 72.8 Å². The Kier molecular flexibility index (Phi) is 7.33. The molecule has 0 radical (unpaired) electrons. The highest BCUT2D eigenvalue weighted by Crippen LogP contribution is 2.27. The number of aryl methyl sites for hydroxylation is 1. The molecule has 1 atom stereocenters. The van der Waals surface area contributed by atoms with E-state index in [0.717, 1.165) is 31.2 Å². The minimum atomic E-state index is -1.24. The Labute approximate surface area is 131 Å². The maximum atomic E-state index is 11.5. The van der Waals surface area contributed by atoms with E-state index in [4.69, 9.17) is 0 Å². The largest absolute Gasteiger partial charge is 0.530 e. The van der Waals surface area contributed by atoms with E-state index in [9.17, 15) is 14.7 Å². The molecule has 0 saturated carbocycles. The van der Waals surface area contributed by atoms with Crippen molar-refractivity contribution in [3.8, 4) is 0 Å². The van der Waals surface area contributed by atoms with Gasteiger partial charge >= 0.3 is 0 Å². The second-order valence-corrected chi connectivity index (χ2v) is 5.47. The Morgan fingerprint density at radius 3 is 2.68 bits per heavy atom. The summed E-state index contributed by atoms with van der Waals surface area (Å²) in [6, 6.07) is 5.04. The number of hydrogen-bond acceptors (Lipinski definition) is 4. The number of carbonyl (C=O) groups excluding carboxylic acids is 2. The van der Waals surface area contributed by atoms with Crippen molar-refractivity contribution in [2.75, 3.05) is 11.4 Å². The summed E-state index contributed by atoms with van der Waals surface area (Å²) < 4.78 is 0. The molecule has 0 saturated heterocycles. The van der Waals surface area contributed by atoms with Gasteiger partial charge in [0.2, 0.25) is 6.08 Å². The number of nitrogens with zero attached hydrogens (tertiary/aromatic N) is 2. The van der Waals surface area contributed by atoms with Gasteiger partial charge in [-0.2, -0.15) is 4.99 Å². The summed E-state index contributed by atoms with van der Waals surface area (Å²) in [5.74, 6) is 0.289. The highest BCUT2D eigenvalue weighted by atomic mass is 16.4. The van der Waals surface area contributed by atoms with E-state index in [2.05, 4.69) is 18.8 Å². The third-order valence-corrected chi connectivity index (χ3v) is 3.87. The van der Waals surface area contributed by atoms with Gasteiger partial charge in [0.25, 0.3) is 0 Å². The molecule has 0 spiro atoms. The summed E-state index contributed by atoms with van der Waals surface area (Å²) in [5.41, 5.74) is 1.71. The van der Waals surface area contributed by atoms with Gasteiger partial charge in [0, 0.05) is 12.2 Å². The van der Waals surface area contributed by atoms with E-state index < -0.39 is 6.09 Å². The molecule has 0 fully saturated rings. The van der Waals surface area contributed by atoms with Crippen molar-refractivity contribution < 1.29 is 14.7 Å². The molecule has 0 bridgehead atoms. The molecule has 0 N–H and O–H groups in total. The van der Waals surface area contributed by atoms with Crippen molar-refractivity contribution in [1.82, 2.24) is 0 Å². The first kappa shape index (κ1) is 17.9. The van der Waals surface area contributed by atoms with E-state index in [1.807, 2.05) is 0 Å². The van der Waals surface area contributed by atoms with Crippen molar-refractivity contribution in [1.29, 1.82) is 0 Å². The molecule has 0 aliphatic rings. The summed E-state index contributed by atoms with van der Waals surface area (Å²) in [7, 11) is 0. The minimum Gasteiger partial charge on any atom is -0.530 e. The summed E-state index contributed by atoms with van der Waals surface area (Å²) in [6.07, 6.45) is 4.32. The molecule has 0 heterocycles. The van der Waals surface area contributed by atoms with Crippen LogP contribution in [0.5, 0.6) is 0 Å². The minimum absolute atomic E-state index is 0.289. The van der Waals surface area contributed by atoms with Gasteiger partial charge in [-0.3, -0.25) is 0 Å². The summed E-state index contributed by atoms with van der Waals surface area (Å²) in [5, 5.41) is 11.5. The Balaban J connectivity index is 3.02. The maximum Gasteiger partial charge on any atom is 0.240 e. The number of unbranched alkanes of at least 4 members (excludes halogenated alkanes) is 1. The molecule has 1 amide bonds. The second-order valence-electron chi connectivity index (χ2n) is 5.47. The smallest absolute Gasteiger partial charge is 0.240 e. The van der Waals surface area contributed by atoms with E-state index in [1.165, 1.54) is 11.0 Å². The molecular weight excluding hydrogens is 280 g/mol. The number of benzene rings is 1. The van der Waals surface area contributed by atoms with Crippen molar-refractivity contribution in [2.24, 2.45) is 10.9 Å². The monoisotopic (exact) mass is 303 g/mol. The molecule has 5 nitrogen and oxygen atoms in total. The van der Waals surface area contributed by atoms with E-state index in [-0.39, 0.29) is 5.92 Å². The third-order valence-electron chi connectivity index (χ3n) is 3.87. The first-order valence-corrected chi connectivity index (χ1v) is 7.70. The number of amides is 1. The lowest BCUT2D eigenvalue weighted by molar-refractivity contribution is -0.246. The molecule has 22 heavy (non-hydrogen) atoms. The summed E-state index contributed by atoms with van der Waals surface area (Å²) >= 11 is 0. The fourth-order valence-corrected chi connectivity index (χ4v) is 2.40. The standard InChI is InChI=1S/C17H24N2O3/c1-4-6-7-14(5-2)11-19(17(21)22)15-9-8-13(3)16(10-15)18-12-20/h8-10,14H,4-7,11H2,1-3H3,(H,21,22)/p-1. The van der Waals surface area contributed by atoms with Crippen LogP contribution in [0, 0.1) is 12.8 Å². The molecule has 0 aliphatic heterocycles. The highest BCUT2D eigenvalue weighted by molar-refractivity contribution is 5.85. The molecule has 1 unspecified atom stereocenters. The number of carboxylic acid groups (broad SMARTS) is 1. The average molecular weight is 303 g/mol. The SMILES string of the molecule is CCCCC(CC)CN(C(=O)[O-])c1ccc(C)c(N=C=O)c1. The first-order valence-electron chi connectivity index (χ1n) is 7.70. The second kappa shape index (κ2) is 9.00. The van der Waals surface area contributed by atoms with Gasteiger partial charge in [-0.25, -0.2) is 4.79 Å². The van der Waals surface area contributed by atoms with Gasteiger partial charge in [0.15, 0.2) is 0 Å². The number of rotatable bonds is 8. The van der Waals surface area contributed by atoms with Crippen LogP contribution in [0.4, 0.5) is 16.2 Å². The van der Waals surface area contributed by atoms with E-state index in [0.29, 0.717) is 17.9 Å². The zero-order chi connectivity index (χ0) is 16.5. The molecule has 1 rings (SSSR count). The molecule has 1 aromatic rings. The maximum absolute atomic E-state index is 11.5. The number of anilines is 1. The zero-order valence-electron chi connectivity index (χ0n) is 13.5. The van der Waals surface area contributed by atoms with Gasteiger partial charge in [-0.05, 0) is 37.0 Å². The van der Waals surface area contributed by atoms with Crippen molar-refractivity contribution in [3.63, 3.8) is 0 Å². The van der Waals surface area contributed by atoms with Crippen LogP contribution in [0.1, 0.15) is 45.1 Å². The van der Waals surface area contributed by atoms with Gasteiger partial charge < -0.3 is 14.8 Å². The van der Waals surface area contributed by atoms with Crippen molar-refractivity contribution in [2.45, 2.75) is 46.5 Å². The van der Waals surface area contributed by atoms with Crippen LogP contribution in [0.15, 0.2) is 23.2 Å². The Bertz CT molecular complexity index is 551. The first-order chi connectivity index (χ1) is 10.5. The van der Waals surface area contributed by atoms with Crippen LogP contribution >= 0.6 is 0 Å². The third kappa shape index (κ3) is 5.01.